The highest BCUT2D eigenvalue weighted by molar-refractivity contribution is 7.23. The Balaban J connectivity index is 1.42. The van der Waals surface area contributed by atoms with Crippen LogP contribution in [0.1, 0.15) is 30.6 Å². The first-order chi connectivity index (χ1) is 14.6. The number of aromatic nitrogens is 2. The molecule has 4 rings (SSSR count). The molecule has 8 heteroatoms. The van der Waals surface area contributed by atoms with E-state index in [1.807, 2.05) is 18.2 Å². The second kappa shape index (κ2) is 9.32. The highest BCUT2D eigenvalue weighted by Crippen LogP contribution is 2.29. The number of fused-ring (bicyclic) bond motifs is 3. The molecule has 1 aliphatic rings. The molecule has 0 unspecified atom stereocenters. The van der Waals surface area contributed by atoms with Crippen molar-refractivity contribution in [2.75, 3.05) is 64.3 Å². The van der Waals surface area contributed by atoms with Crippen molar-refractivity contribution in [3.8, 4) is 0 Å². The molecular formula is C22H32N6OS. The number of piperazine rings is 1. The zero-order valence-electron chi connectivity index (χ0n) is 18.2. The van der Waals surface area contributed by atoms with Gasteiger partial charge in [0.1, 0.15) is 5.82 Å². The number of benzene rings is 1. The van der Waals surface area contributed by atoms with Crippen LogP contribution < -0.4 is 10.2 Å². The van der Waals surface area contributed by atoms with Gasteiger partial charge in [0.05, 0.1) is 16.4 Å². The first-order valence-electron chi connectivity index (χ1n) is 10.9. The average Bonchev–Trinajstić information content (AvgIpc) is 3.31. The second-order valence-electron chi connectivity index (χ2n) is 7.96. The van der Waals surface area contributed by atoms with E-state index in [4.69, 9.17) is 4.98 Å². The molecule has 1 aliphatic heterocycles. The summed E-state index contributed by atoms with van der Waals surface area (Å²) in [6.07, 6.45) is 3.10. The minimum atomic E-state index is 0.000567. The van der Waals surface area contributed by atoms with Gasteiger partial charge in [-0.3, -0.25) is 9.20 Å². The van der Waals surface area contributed by atoms with Gasteiger partial charge < -0.3 is 20.0 Å². The van der Waals surface area contributed by atoms with Crippen LogP contribution >= 0.6 is 11.3 Å². The van der Waals surface area contributed by atoms with Gasteiger partial charge in [-0.05, 0) is 51.3 Å². The summed E-state index contributed by atoms with van der Waals surface area (Å²) in [6.45, 7) is 12.3. The predicted molar refractivity (Wildman–Crippen MR) is 125 cm³/mol. The van der Waals surface area contributed by atoms with E-state index in [0.29, 0.717) is 12.1 Å². The molecule has 30 heavy (non-hydrogen) atoms. The Bertz CT molecular complexity index is 1000. The zero-order chi connectivity index (χ0) is 21.1. The lowest BCUT2D eigenvalue weighted by molar-refractivity contribution is 0.0952. The number of amides is 1. The number of nitrogens with one attached hydrogen (secondary N) is 1. The third-order valence-corrected chi connectivity index (χ3v) is 7.02. The average molecular weight is 429 g/mol. The number of imidazole rings is 1. The Labute approximate surface area is 182 Å². The molecule has 1 saturated heterocycles. The number of hydrogen-bond donors (Lipinski definition) is 1. The SMILES string of the molecule is CCN(CC)CCCNC(=O)c1ccc2c(c1)sc1nc(N3CCN(C)CC3)cn12. The van der Waals surface area contributed by atoms with Crippen molar-refractivity contribution in [2.24, 2.45) is 0 Å². The van der Waals surface area contributed by atoms with Gasteiger partial charge in [-0.25, -0.2) is 4.98 Å². The van der Waals surface area contributed by atoms with Crippen LogP contribution in [0, 0.1) is 0 Å². The maximum Gasteiger partial charge on any atom is 0.251 e. The van der Waals surface area contributed by atoms with Crippen molar-refractivity contribution in [1.29, 1.82) is 0 Å². The molecule has 7 nitrogen and oxygen atoms in total. The molecule has 1 aromatic carbocycles. The number of hydrogen-bond acceptors (Lipinski definition) is 6. The number of thiazole rings is 1. The van der Waals surface area contributed by atoms with Crippen LogP contribution in [-0.4, -0.2) is 84.5 Å². The maximum atomic E-state index is 12.6. The Morgan fingerprint density at radius 1 is 1.20 bits per heavy atom. The van der Waals surface area contributed by atoms with Crippen LogP contribution in [0.5, 0.6) is 0 Å². The molecule has 0 saturated carbocycles. The predicted octanol–water partition coefficient (Wildman–Crippen LogP) is 2.76. The molecule has 2 aromatic heterocycles. The fraction of sp³-hybridized carbons (Fsp3) is 0.545. The number of carbonyl (C=O) groups excluding carboxylic acids is 1. The van der Waals surface area contributed by atoms with Crippen molar-refractivity contribution in [2.45, 2.75) is 20.3 Å². The van der Waals surface area contributed by atoms with Gasteiger partial charge in [0.15, 0.2) is 4.96 Å². The maximum absolute atomic E-state index is 12.6. The fourth-order valence-corrected chi connectivity index (χ4v) is 5.01. The lowest BCUT2D eigenvalue weighted by Crippen LogP contribution is -2.44. The molecule has 3 aromatic rings. The topological polar surface area (TPSA) is 56.1 Å². The number of rotatable bonds is 8. The number of carbonyl (C=O) groups is 1. The molecule has 0 spiro atoms. The van der Waals surface area contributed by atoms with Gasteiger partial charge in [-0.2, -0.15) is 0 Å². The lowest BCUT2D eigenvalue weighted by Gasteiger charge is -2.32. The van der Waals surface area contributed by atoms with E-state index in [-0.39, 0.29) is 5.91 Å². The van der Waals surface area contributed by atoms with E-state index >= 15 is 0 Å². The van der Waals surface area contributed by atoms with E-state index in [1.165, 1.54) is 0 Å². The fourth-order valence-electron chi connectivity index (χ4n) is 3.96. The summed E-state index contributed by atoms with van der Waals surface area (Å²) < 4.78 is 3.25. The zero-order valence-corrected chi connectivity index (χ0v) is 19.0. The summed E-state index contributed by atoms with van der Waals surface area (Å²) in [5.74, 6) is 1.05. The van der Waals surface area contributed by atoms with Crippen molar-refractivity contribution in [3.05, 3.63) is 30.0 Å². The smallest absolute Gasteiger partial charge is 0.251 e. The van der Waals surface area contributed by atoms with Crippen molar-refractivity contribution in [3.63, 3.8) is 0 Å². The Hall–Kier alpha value is -2.16. The van der Waals surface area contributed by atoms with Gasteiger partial charge in [0, 0.05) is 38.3 Å². The van der Waals surface area contributed by atoms with Gasteiger partial charge in [-0.1, -0.05) is 25.2 Å². The minimum Gasteiger partial charge on any atom is -0.353 e. The van der Waals surface area contributed by atoms with Crippen molar-refractivity contribution in [1.82, 2.24) is 24.5 Å². The van der Waals surface area contributed by atoms with E-state index in [9.17, 15) is 4.79 Å². The summed E-state index contributed by atoms with van der Waals surface area (Å²) in [4.78, 5) is 25.5. The summed E-state index contributed by atoms with van der Waals surface area (Å²) in [5, 5.41) is 3.06. The van der Waals surface area contributed by atoms with E-state index < -0.39 is 0 Å². The van der Waals surface area contributed by atoms with Crippen LogP contribution in [0.25, 0.3) is 15.2 Å². The Morgan fingerprint density at radius 2 is 1.97 bits per heavy atom. The first kappa shape index (κ1) is 21.1. The third-order valence-electron chi connectivity index (χ3n) is 6.00. The molecule has 162 valence electrons. The first-order valence-corrected chi connectivity index (χ1v) is 11.8. The summed E-state index contributed by atoms with van der Waals surface area (Å²) in [7, 11) is 2.16. The Morgan fingerprint density at radius 3 is 2.70 bits per heavy atom. The summed E-state index contributed by atoms with van der Waals surface area (Å²) >= 11 is 1.64. The van der Waals surface area contributed by atoms with Crippen LogP contribution in [-0.2, 0) is 0 Å². The van der Waals surface area contributed by atoms with Gasteiger partial charge in [0.2, 0.25) is 0 Å². The highest BCUT2D eigenvalue weighted by atomic mass is 32.1. The molecule has 0 aliphatic carbocycles. The van der Waals surface area contributed by atoms with E-state index in [0.717, 1.165) is 73.2 Å². The van der Waals surface area contributed by atoms with Crippen LogP contribution in [0.3, 0.4) is 0 Å². The molecular weight excluding hydrogens is 396 g/mol. The third kappa shape index (κ3) is 4.45. The Kier molecular flexibility index (Phi) is 6.55. The van der Waals surface area contributed by atoms with E-state index in [2.05, 4.69) is 51.5 Å². The van der Waals surface area contributed by atoms with Crippen LogP contribution in [0.15, 0.2) is 24.4 Å². The van der Waals surface area contributed by atoms with Crippen LogP contribution in [0.4, 0.5) is 5.82 Å². The molecule has 1 fully saturated rings. The summed E-state index contributed by atoms with van der Waals surface area (Å²) in [6, 6.07) is 5.95. The van der Waals surface area contributed by atoms with Gasteiger partial charge >= 0.3 is 0 Å². The number of anilines is 1. The largest absolute Gasteiger partial charge is 0.353 e. The minimum absolute atomic E-state index is 0.000567. The van der Waals surface area contributed by atoms with Crippen LogP contribution in [0.2, 0.25) is 0 Å². The monoisotopic (exact) mass is 428 g/mol. The molecule has 0 atom stereocenters. The van der Waals surface area contributed by atoms with E-state index in [1.54, 1.807) is 11.3 Å². The molecule has 0 radical (unpaired) electrons. The normalized spacial score (nSPS) is 15.5. The highest BCUT2D eigenvalue weighted by Gasteiger charge is 2.18. The lowest BCUT2D eigenvalue weighted by atomic mass is 10.2. The van der Waals surface area contributed by atoms with Crippen molar-refractivity contribution < 1.29 is 4.79 Å². The number of nitrogens with zero attached hydrogens (tertiary/aromatic N) is 5. The number of likely N-dealkylation sites (N-methyl/N-ethyl adjacent to an activating group) is 1. The molecule has 1 N–H and O–H groups in total. The molecule has 1 amide bonds. The molecule has 0 bridgehead atoms. The quantitative estimate of drug-likeness (QED) is 0.559. The van der Waals surface area contributed by atoms with Crippen molar-refractivity contribution >= 4 is 38.2 Å². The molecule has 3 heterocycles. The van der Waals surface area contributed by atoms with Gasteiger partial charge in [-0.15, -0.1) is 0 Å². The standard InChI is InChI=1S/C22H32N6OS/c1-4-26(5-2)10-6-9-23-21(29)17-7-8-18-19(15-17)30-22-24-20(16-28(18)22)27-13-11-25(3)12-14-27/h7-8,15-16H,4-6,9-14H2,1-3H3,(H,23,29). The summed E-state index contributed by atoms with van der Waals surface area (Å²) in [5.41, 5.74) is 1.83. The second-order valence-corrected chi connectivity index (χ2v) is 8.97. The van der Waals surface area contributed by atoms with Gasteiger partial charge in [0.25, 0.3) is 5.91 Å².